The average Bonchev–Trinajstić information content (AvgIpc) is 3.56. The lowest BCUT2D eigenvalue weighted by atomic mass is 9.90. The number of carbonyl (C=O) groups is 3. The van der Waals surface area contributed by atoms with Crippen LogP contribution in [0.15, 0.2) is 42.7 Å². The summed E-state index contributed by atoms with van der Waals surface area (Å²) in [6.45, 7) is 6.31. The molecule has 1 aromatic carbocycles. The van der Waals surface area contributed by atoms with E-state index >= 15 is 4.39 Å². The van der Waals surface area contributed by atoms with Crippen molar-refractivity contribution >= 4 is 17.7 Å². The maximum absolute atomic E-state index is 15.2. The Morgan fingerprint density at radius 2 is 2.03 bits per heavy atom. The molecule has 0 aliphatic carbocycles. The standard InChI is InChI=1S/C26H31FN8O3/c1-17-30-31-32-35(17)20-7-8-21(22(27)12-20)23(36)34(14-18-6-5-10-29-13-18)16-19-9-11-33(15-19)25(38)26(2,3)24(37)28-4/h5-8,10,12-13,19H,9,11,14-16H2,1-4H3,(H,28,37). The van der Waals surface area contributed by atoms with Crippen LogP contribution in [0.4, 0.5) is 4.39 Å². The number of benzene rings is 1. The Kier molecular flexibility index (Phi) is 7.79. The summed E-state index contributed by atoms with van der Waals surface area (Å²) in [5, 5.41) is 13.8. The summed E-state index contributed by atoms with van der Waals surface area (Å²) in [5.41, 5.74) is -0.0644. The van der Waals surface area contributed by atoms with Gasteiger partial charge in [0.1, 0.15) is 11.2 Å². The second-order valence-electron chi connectivity index (χ2n) is 9.96. The first-order valence-corrected chi connectivity index (χ1v) is 12.4. The van der Waals surface area contributed by atoms with Crippen molar-refractivity contribution in [2.75, 3.05) is 26.7 Å². The molecule has 0 radical (unpaired) electrons. The van der Waals surface area contributed by atoms with Gasteiger partial charge in [-0.3, -0.25) is 19.4 Å². The second kappa shape index (κ2) is 11.0. The number of hydrogen-bond acceptors (Lipinski definition) is 7. The molecule has 200 valence electrons. The summed E-state index contributed by atoms with van der Waals surface area (Å²) >= 11 is 0. The summed E-state index contributed by atoms with van der Waals surface area (Å²) in [6, 6.07) is 7.89. The van der Waals surface area contributed by atoms with Crippen LogP contribution in [0.25, 0.3) is 5.69 Å². The second-order valence-corrected chi connectivity index (χ2v) is 9.96. The molecule has 1 saturated heterocycles. The van der Waals surface area contributed by atoms with Crippen molar-refractivity contribution in [2.24, 2.45) is 11.3 Å². The van der Waals surface area contributed by atoms with Crippen LogP contribution in [0.2, 0.25) is 0 Å². The number of amides is 3. The molecule has 1 N–H and O–H groups in total. The van der Waals surface area contributed by atoms with Crippen LogP contribution >= 0.6 is 0 Å². The summed E-state index contributed by atoms with van der Waals surface area (Å²) in [7, 11) is 1.50. The van der Waals surface area contributed by atoms with Crippen LogP contribution < -0.4 is 5.32 Å². The zero-order valence-corrected chi connectivity index (χ0v) is 21.9. The van der Waals surface area contributed by atoms with Gasteiger partial charge in [0.15, 0.2) is 5.82 Å². The fourth-order valence-corrected chi connectivity index (χ4v) is 4.66. The monoisotopic (exact) mass is 522 g/mol. The summed E-state index contributed by atoms with van der Waals surface area (Å²) in [5.74, 6) is -1.32. The molecule has 38 heavy (non-hydrogen) atoms. The lowest BCUT2D eigenvalue weighted by Gasteiger charge is -2.29. The topological polar surface area (TPSA) is 126 Å². The van der Waals surface area contributed by atoms with Crippen molar-refractivity contribution < 1.29 is 18.8 Å². The van der Waals surface area contributed by atoms with E-state index in [4.69, 9.17) is 0 Å². The van der Waals surface area contributed by atoms with E-state index in [0.29, 0.717) is 37.6 Å². The Bertz CT molecular complexity index is 1330. The van der Waals surface area contributed by atoms with E-state index in [1.165, 1.54) is 23.9 Å². The minimum atomic E-state index is -1.20. The minimum absolute atomic E-state index is 0.0359. The summed E-state index contributed by atoms with van der Waals surface area (Å²) in [4.78, 5) is 46.3. The average molecular weight is 523 g/mol. The van der Waals surface area contributed by atoms with Gasteiger partial charge in [0.05, 0.1) is 11.3 Å². The van der Waals surface area contributed by atoms with Gasteiger partial charge in [0.25, 0.3) is 5.91 Å². The van der Waals surface area contributed by atoms with E-state index < -0.39 is 17.1 Å². The molecule has 1 aliphatic heterocycles. The molecule has 0 spiro atoms. The van der Waals surface area contributed by atoms with Crippen LogP contribution in [0, 0.1) is 24.1 Å². The van der Waals surface area contributed by atoms with Gasteiger partial charge >= 0.3 is 0 Å². The molecule has 2 aromatic heterocycles. The first-order valence-electron chi connectivity index (χ1n) is 12.4. The third-order valence-corrected chi connectivity index (χ3v) is 6.82. The SMILES string of the molecule is CNC(=O)C(C)(C)C(=O)N1CCC(CN(Cc2cccnc2)C(=O)c2ccc(-n3nnnc3C)cc2F)C1. The highest BCUT2D eigenvalue weighted by Gasteiger charge is 2.41. The van der Waals surface area contributed by atoms with Crippen molar-refractivity contribution in [3.05, 3.63) is 65.5 Å². The smallest absolute Gasteiger partial charge is 0.257 e. The third kappa shape index (κ3) is 5.53. The van der Waals surface area contributed by atoms with Gasteiger partial charge in [-0.15, -0.1) is 5.10 Å². The first-order chi connectivity index (χ1) is 18.1. The summed E-state index contributed by atoms with van der Waals surface area (Å²) in [6.07, 6.45) is 3.96. The van der Waals surface area contributed by atoms with Crippen LogP contribution in [-0.4, -0.2) is 79.4 Å². The fraction of sp³-hybridized carbons (Fsp3) is 0.423. The van der Waals surface area contributed by atoms with Gasteiger partial charge in [-0.25, -0.2) is 4.39 Å². The van der Waals surface area contributed by atoms with Crippen molar-refractivity contribution in [3.63, 3.8) is 0 Å². The molecule has 1 aliphatic rings. The largest absolute Gasteiger partial charge is 0.358 e. The molecule has 1 fully saturated rings. The van der Waals surface area contributed by atoms with E-state index in [1.807, 2.05) is 6.07 Å². The number of nitrogens with one attached hydrogen (secondary N) is 1. The van der Waals surface area contributed by atoms with Crippen LogP contribution in [0.3, 0.4) is 0 Å². The van der Waals surface area contributed by atoms with Gasteiger partial charge < -0.3 is 15.1 Å². The molecule has 11 nitrogen and oxygen atoms in total. The lowest BCUT2D eigenvalue weighted by molar-refractivity contribution is -0.147. The molecular weight excluding hydrogens is 491 g/mol. The molecule has 4 rings (SSSR count). The number of aryl methyl sites for hydroxylation is 1. The molecule has 3 heterocycles. The van der Waals surface area contributed by atoms with Gasteiger partial charge in [-0.1, -0.05) is 6.07 Å². The van der Waals surface area contributed by atoms with Crippen molar-refractivity contribution in [1.29, 1.82) is 0 Å². The molecular formula is C26H31FN8O3. The van der Waals surface area contributed by atoms with E-state index in [0.717, 1.165) is 5.56 Å². The molecule has 3 aromatic rings. The van der Waals surface area contributed by atoms with Gasteiger partial charge in [0.2, 0.25) is 11.8 Å². The zero-order chi connectivity index (χ0) is 27.4. The van der Waals surface area contributed by atoms with Gasteiger partial charge in [0, 0.05) is 51.7 Å². The normalized spacial score (nSPS) is 15.4. The number of pyridine rings is 1. The van der Waals surface area contributed by atoms with Crippen LogP contribution in [0.1, 0.15) is 42.0 Å². The Morgan fingerprint density at radius 3 is 2.66 bits per heavy atom. The van der Waals surface area contributed by atoms with Crippen molar-refractivity contribution in [1.82, 2.24) is 40.3 Å². The predicted molar refractivity (Wildman–Crippen MR) is 135 cm³/mol. The fourth-order valence-electron chi connectivity index (χ4n) is 4.66. The number of rotatable bonds is 8. The molecule has 0 saturated carbocycles. The quantitative estimate of drug-likeness (QED) is 0.447. The molecule has 0 bridgehead atoms. The van der Waals surface area contributed by atoms with E-state index in [-0.39, 0.29) is 29.8 Å². The number of carbonyl (C=O) groups excluding carboxylic acids is 3. The predicted octanol–water partition coefficient (Wildman–Crippen LogP) is 1.77. The maximum Gasteiger partial charge on any atom is 0.257 e. The highest BCUT2D eigenvalue weighted by atomic mass is 19.1. The highest BCUT2D eigenvalue weighted by molar-refractivity contribution is 6.04. The highest BCUT2D eigenvalue weighted by Crippen LogP contribution is 2.27. The molecule has 12 heteroatoms. The third-order valence-electron chi connectivity index (χ3n) is 6.82. The molecule has 1 unspecified atom stereocenters. The number of aromatic nitrogens is 5. The Labute approximate surface area is 220 Å². The number of hydrogen-bond donors (Lipinski definition) is 1. The van der Waals surface area contributed by atoms with Crippen LogP contribution in [-0.2, 0) is 16.1 Å². The van der Waals surface area contributed by atoms with Gasteiger partial charge in [-0.05, 0) is 67.3 Å². The number of halogens is 1. The van der Waals surface area contributed by atoms with Crippen molar-refractivity contribution in [2.45, 2.75) is 33.7 Å². The molecule has 3 amide bonds. The maximum atomic E-state index is 15.2. The Balaban J connectivity index is 1.54. The first kappa shape index (κ1) is 26.8. The zero-order valence-electron chi connectivity index (χ0n) is 21.9. The number of tetrazole rings is 1. The molecule has 1 atom stereocenters. The summed E-state index contributed by atoms with van der Waals surface area (Å²) < 4.78 is 16.6. The van der Waals surface area contributed by atoms with E-state index in [2.05, 4.69) is 25.8 Å². The lowest BCUT2D eigenvalue weighted by Crippen LogP contribution is -2.48. The van der Waals surface area contributed by atoms with E-state index in [1.54, 1.807) is 55.1 Å². The Morgan fingerprint density at radius 1 is 1.24 bits per heavy atom. The number of likely N-dealkylation sites (tertiary alicyclic amines) is 1. The van der Waals surface area contributed by atoms with E-state index in [9.17, 15) is 14.4 Å². The van der Waals surface area contributed by atoms with Crippen molar-refractivity contribution in [3.8, 4) is 5.69 Å². The van der Waals surface area contributed by atoms with Crippen LogP contribution in [0.5, 0.6) is 0 Å². The Hall–Kier alpha value is -4.22. The minimum Gasteiger partial charge on any atom is -0.358 e. The van der Waals surface area contributed by atoms with Gasteiger partial charge in [-0.2, -0.15) is 4.68 Å². The number of nitrogens with zero attached hydrogens (tertiary/aromatic N) is 7.